The highest BCUT2D eigenvalue weighted by Crippen LogP contribution is 2.22. The number of aromatic nitrogens is 1. The van der Waals surface area contributed by atoms with Crippen molar-refractivity contribution in [1.82, 2.24) is 15.2 Å². The van der Waals surface area contributed by atoms with Gasteiger partial charge in [0.05, 0.1) is 9.50 Å². The van der Waals surface area contributed by atoms with Crippen molar-refractivity contribution >= 4 is 33.3 Å². The van der Waals surface area contributed by atoms with E-state index in [2.05, 4.69) is 36.4 Å². The van der Waals surface area contributed by atoms with Crippen LogP contribution in [0.2, 0.25) is 5.02 Å². The van der Waals surface area contributed by atoms with Gasteiger partial charge < -0.3 is 15.5 Å². The number of piperazine rings is 1. The Morgan fingerprint density at radius 1 is 1.44 bits per heavy atom. The Balaban J connectivity index is 1.68. The number of hydrogen-bond acceptors (Lipinski definition) is 4. The minimum atomic E-state index is 0.647. The van der Waals surface area contributed by atoms with E-state index < -0.39 is 0 Å². The highest BCUT2D eigenvalue weighted by atomic mass is 79.9. The SMILES string of the molecule is Clc1cnc(NCCCN2CCNCC2)c(Br)c1. The maximum atomic E-state index is 5.85. The van der Waals surface area contributed by atoms with Crippen LogP contribution in [0.25, 0.3) is 0 Å². The molecule has 1 aliphatic heterocycles. The van der Waals surface area contributed by atoms with Crippen LogP contribution in [0.5, 0.6) is 0 Å². The fourth-order valence-electron chi connectivity index (χ4n) is 1.99. The molecular formula is C12H18BrClN4. The Bertz CT molecular complexity index is 382. The standard InChI is InChI=1S/C12H18BrClN4/c13-11-8-10(14)9-17-12(11)16-2-1-5-18-6-3-15-4-7-18/h8-9,15H,1-7H2,(H,16,17). The molecule has 6 heteroatoms. The second kappa shape index (κ2) is 7.28. The van der Waals surface area contributed by atoms with E-state index in [-0.39, 0.29) is 0 Å². The second-order valence-electron chi connectivity index (χ2n) is 4.36. The van der Waals surface area contributed by atoms with Crippen LogP contribution >= 0.6 is 27.5 Å². The van der Waals surface area contributed by atoms with Crippen molar-refractivity contribution in [3.05, 3.63) is 21.8 Å². The molecule has 4 nitrogen and oxygen atoms in total. The summed E-state index contributed by atoms with van der Waals surface area (Å²) in [5, 5.41) is 7.33. The third-order valence-corrected chi connectivity index (χ3v) is 3.77. The average molecular weight is 334 g/mol. The molecule has 2 rings (SSSR count). The minimum Gasteiger partial charge on any atom is -0.369 e. The Morgan fingerprint density at radius 2 is 2.22 bits per heavy atom. The van der Waals surface area contributed by atoms with Crippen molar-refractivity contribution in [1.29, 1.82) is 0 Å². The smallest absolute Gasteiger partial charge is 0.140 e. The first-order chi connectivity index (χ1) is 8.75. The van der Waals surface area contributed by atoms with Crippen molar-refractivity contribution in [2.24, 2.45) is 0 Å². The van der Waals surface area contributed by atoms with E-state index in [0.717, 1.165) is 56.0 Å². The zero-order valence-corrected chi connectivity index (χ0v) is 12.6. The fourth-order valence-corrected chi connectivity index (χ4v) is 2.77. The summed E-state index contributed by atoms with van der Waals surface area (Å²) >= 11 is 9.29. The van der Waals surface area contributed by atoms with E-state index in [1.165, 1.54) is 0 Å². The molecule has 100 valence electrons. The largest absolute Gasteiger partial charge is 0.369 e. The van der Waals surface area contributed by atoms with E-state index in [1.807, 2.05) is 6.07 Å². The van der Waals surface area contributed by atoms with Gasteiger partial charge in [0, 0.05) is 38.9 Å². The second-order valence-corrected chi connectivity index (χ2v) is 5.65. The Labute approximate surface area is 121 Å². The molecule has 0 aromatic carbocycles. The normalized spacial score (nSPS) is 16.8. The molecule has 1 saturated heterocycles. The van der Waals surface area contributed by atoms with E-state index in [0.29, 0.717) is 5.02 Å². The number of pyridine rings is 1. The summed E-state index contributed by atoms with van der Waals surface area (Å²) in [6, 6.07) is 1.85. The van der Waals surface area contributed by atoms with Gasteiger partial charge in [-0.3, -0.25) is 0 Å². The van der Waals surface area contributed by atoms with E-state index in [1.54, 1.807) is 6.20 Å². The van der Waals surface area contributed by atoms with Gasteiger partial charge in [0.1, 0.15) is 5.82 Å². The summed E-state index contributed by atoms with van der Waals surface area (Å²) < 4.78 is 0.914. The van der Waals surface area contributed by atoms with Crippen LogP contribution in [0.3, 0.4) is 0 Å². The number of rotatable bonds is 5. The summed E-state index contributed by atoms with van der Waals surface area (Å²) in [6.07, 6.45) is 2.78. The van der Waals surface area contributed by atoms with Crippen molar-refractivity contribution in [2.75, 3.05) is 44.6 Å². The number of hydrogen-bond donors (Lipinski definition) is 2. The number of nitrogens with zero attached hydrogens (tertiary/aromatic N) is 2. The third-order valence-electron chi connectivity index (χ3n) is 2.96. The summed E-state index contributed by atoms with van der Waals surface area (Å²) in [4.78, 5) is 6.74. The first kappa shape index (κ1) is 14.1. The van der Waals surface area contributed by atoms with Crippen molar-refractivity contribution in [3.8, 4) is 0 Å². The molecule has 1 aromatic heterocycles. The van der Waals surface area contributed by atoms with E-state index >= 15 is 0 Å². The van der Waals surface area contributed by atoms with Crippen LogP contribution < -0.4 is 10.6 Å². The maximum absolute atomic E-state index is 5.85. The molecule has 1 aromatic rings. The monoisotopic (exact) mass is 332 g/mol. The summed E-state index contributed by atoms with van der Waals surface area (Å²) in [6.45, 7) is 6.60. The lowest BCUT2D eigenvalue weighted by Crippen LogP contribution is -2.44. The Kier molecular flexibility index (Phi) is 5.69. The molecule has 0 unspecified atom stereocenters. The van der Waals surface area contributed by atoms with Crippen LogP contribution in [-0.2, 0) is 0 Å². The highest BCUT2D eigenvalue weighted by Gasteiger charge is 2.08. The molecule has 0 spiro atoms. The zero-order chi connectivity index (χ0) is 12.8. The molecule has 0 amide bonds. The molecule has 0 bridgehead atoms. The molecule has 0 saturated carbocycles. The topological polar surface area (TPSA) is 40.2 Å². The molecule has 1 fully saturated rings. The Hall–Kier alpha value is -0.360. The van der Waals surface area contributed by atoms with Gasteiger partial charge in [-0.2, -0.15) is 0 Å². The van der Waals surface area contributed by atoms with Crippen molar-refractivity contribution in [2.45, 2.75) is 6.42 Å². The van der Waals surface area contributed by atoms with E-state index in [9.17, 15) is 0 Å². The zero-order valence-electron chi connectivity index (χ0n) is 10.3. The van der Waals surface area contributed by atoms with Gasteiger partial charge in [-0.05, 0) is 35.0 Å². The quantitative estimate of drug-likeness (QED) is 0.811. The minimum absolute atomic E-state index is 0.647. The van der Waals surface area contributed by atoms with Gasteiger partial charge in [-0.25, -0.2) is 4.98 Å². The van der Waals surface area contributed by atoms with Gasteiger partial charge in [-0.15, -0.1) is 0 Å². The molecule has 0 aliphatic carbocycles. The van der Waals surface area contributed by atoms with Crippen LogP contribution in [-0.4, -0.2) is 49.2 Å². The predicted octanol–water partition coefficient (Wildman–Crippen LogP) is 2.20. The molecule has 2 heterocycles. The average Bonchev–Trinajstić information content (AvgIpc) is 2.38. The third kappa shape index (κ3) is 4.39. The summed E-state index contributed by atoms with van der Waals surface area (Å²) in [5.74, 6) is 0.861. The molecule has 0 atom stereocenters. The lowest BCUT2D eigenvalue weighted by atomic mass is 10.3. The van der Waals surface area contributed by atoms with Crippen molar-refractivity contribution in [3.63, 3.8) is 0 Å². The van der Waals surface area contributed by atoms with Crippen LogP contribution in [0.15, 0.2) is 16.7 Å². The first-order valence-corrected chi connectivity index (χ1v) is 7.41. The highest BCUT2D eigenvalue weighted by molar-refractivity contribution is 9.10. The number of nitrogens with one attached hydrogen (secondary N) is 2. The summed E-state index contributed by atoms with van der Waals surface area (Å²) in [5.41, 5.74) is 0. The fraction of sp³-hybridized carbons (Fsp3) is 0.583. The first-order valence-electron chi connectivity index (χ1n) is 6.24. The van der Waals surface area contributed by atoms with Crippen LogP contribution in [0, 0.1) is 0 Å². The van der Waals surface area contributed by atoms with Gasteiger partial charge in [0.15, 0.2) is 0 Å². The van der Waals surface area contributed by atoms with Gasteiger partial charge >= 0.3 is 0 Å². The number of anilines is 1. The Morgan fingerprint density at radius 3 is 2.94 bits per heavy atom. The van der Waals surface area contributed by atoms with Crippen LogP contribution in [0.4, 0.5) is 5.82 Å². The predicted molar refractivity (Wildman–Crippen MR) is 79.4 cm³/mol. The van der Waals surface area contributed by atoms with E-state index in [4.69, 9.17) is 11.6 Å². The number of halogens is 2. The maximum Gasteiger partial charge on any atom is 0.140 e. The van der Waals surface area contributed by atoms with Gasteiger partial charge in [0.25, 0.3) is 0 Å². The van der Waals surface area contributed by atoms with Crippen LogP contribution in [0.1, 0.15) is 6.42 Å². The summed E-state index contributed by atoms with van der Waals surface area (Å²) in [7, 11) is 0. The lowest BCUT2D eigenvalue weighted by Gasteiger charge is -2.27. The molecule has 18 heavy (non-hydrogen) atoms. The van der Waals surface area contributed by atoms with Gasteiger partial charge in [-0.1, -0.05) is 11.6 Å². The molecule has 1 aliphatic rings. The van der Waals surface area contributed by atoms with Gasteiger partial charge in [0.2, 0.25) is 0 Å². The molecular weight excluding hydrogens is 316 g/mol. The van der Waals surface area contributed by atoms with Crippen molar-refractivity contribution < 1.29 is 0 Å². The molecule has 2 N–H and O–H groups in total. The lowest BCUT2D eigenvalue weighted by molar-refractivity contribution is 0.240. The molecule has 0 radical (unpaired) electrons.